The number of rotatable bonds is 7. The lowest BCUT2D eigenvalue weighted by molar-refractivity contribution is 0.134. The molecule has 0 aliphatic heterocycles. The molecule has 0 aromatic carbocycles. The van der Waals surface area contributed by atoms with Crippen LogP contribution in [0.2, 0.25) is 0 Å². The van der Waals surface area contributed by atoms with Crippen LogP contribution in [0.3, 0.4) is 0 Å². The number of nitrogens with zero attached hydrogens (tertiary/aromatic N) is 1. The molecule has 1 aliphatic carbocycles. The van der Waals surface area contributed by atoms with Gasteiger partial charge in [0.2, 0.25) is 0 Å². The van der Waals surface area contributed by atoms with Gasteiger partial charge >= 0.3 is 0 Å². The van der Waals surface area contributed by atoms with E-state index in [1.165, 1.54) is 51.6 Å². The predicted molar refractivity (Wildman–Crippen MR) is 69.6 cm³/mol. The van der Waals surface area contributed by atoms with E-state index < -0.39 is 0 Å². The van der Waals surface area contributed by atoms with Gasteiger partial charge in [0.05, 0.1) is 6.61 Å². The van der Waals surface area contributed by atoms with E-state index in [4.69, 9.17) is 5.11 Å². The highest BCUT2D eigenvalue weighted by Crippen LogP contribution is 2.30. The van der Waals surface area contributed by atoms with Crippen molar-refractivity contribution in [2.24, 2.45) is 11.8 Å². The van der Waals surface area contributed by atoms with Crippen LogP contribution in [0.5, 0.6) is 0 Å². The quantitative estimate of drug-likeness (QED) is 0.723. The Balaban J connectivity index is 2.33. The maximum Gasteiger partial charge on any atom is 0.0558 e. The first-order valence-corrected chi connectivity index (χ1v) is 7.11. The zero-order chi connectivity index (χ0) is 11.8. The van der Waals surface area contributed by atoms with Crippen molar-refractivity contribution in [1.82, 2.24) is 4.90 Å². The van der Waals surface area contributed by atoms with E-state index in [-0.39, 0.29) is 0 Å². The highest BCUT2D eigenvalue weighted by atomic mass is 16.3. The van der Waals surface area contributed by atoms with E-state index in [2.05, 4.69) is 18.7 Å². The largest absolute Gasteiger partial charge is 0.395 e. The molecule has 2 heteroatoms. The number of hydrogen-bond donors (Lipinski definition) is 1. The van der Waals surface area contributed by atoms with Gasteiger partial charge in [-0.25, -0.2) is 0 Å². The average Bonchev–Trinajstić information content (AvgIpc) is 2.29. The molecule has 1 fully saturated rings. The zero-order valence-electron chi connectivity index (χ0n) is 11.1. The van der Waals surface area contributed by atoms with Gasteiger partial charge in [0.1, 0.15) is 0 Å². The predicted octanol–water partition coefficient (Wildman–Crippen LogP) is 2.91. The Hall–Kier alpha value is -0.0800. The molecule has 0 aromatic heterocycles. The van der Waals surface area contributed by atoms with Crippen LogP contribution >= 0.6 is 0 Å². The maximum atomic E-state index is 9.09. The maximum absolute atomic E-state index is 9.09. The topological polar surface area (TPSA) is 23.5 Å². The summed E-state index contributed by atoms with van der Waals surface area (Å²) in [6, 6.07) is 0. The van der Waals surface area contributed by atoms with E-state index in [0.29, 0.717) is 6.61 Å². The van der Waals surface area contributed by atoms with Crippen LogP contribution in [0.15, 0.2) is 0 Å². The molecule has 0 radical (unpaired) electrons. The molecule has 1 N–H and O–H groups in total. The highest BCUT2D eigenvalue weighted by molar-refractivity contribution is 4.75. The second-order valence-corrected chi connectivity index (χ2v) is 5.40. The van der Waals surface area contributed by atoms with Gasteiger partial charge in [-0.15, -0.1) is 0 Å². The Morgan fingerprint density at radius 1 is 1.19 bits per heavy atom. The second kappa shape index (κ2) is 8.08. The van der Waals surface area contributed by atoms with Crippen molar-refractivity contribution < 1.29 is 5.11 Å². The average molecular weight is 227 g/mol. The second-order valence-electron chi connectivity index (χ2n) is 5.40. The van der Waals surface area contributed by atoms with Gasteiger partial charge in [-0.05, 0) is 31.2 Å². The summed E-state index contributed by atoms with van der Waals surface area (Å²) in [5, 5.41) is 9.09. The van der Waals surface area contributed by atoms with Gasteiger partial charge < -0.3 is 10.0 Å². The Bertz CT molecular complexity index is 172. The Morgan fingerprint density at radius 3 is 2.56 bits per heavy atom. The van der Waals surface area contributed by atoms with Gasteiger partial charge in [0.15, 0.2) is 0 Å². The van der Waals surface area contributed by atoms with Crippen LogP contribution in [0.25, 0.3) is 0 Å². The lowest BCUT2D eigenvalue weighted by Gasteiger charge is -2.33. The summed E-state index contributed by atoms with van der Waals surface area (Å²) < 4.78 is 0. The Morgan fingerprint density at radius 2 is 1.94 bits per heavy atom. The van der Waals surface area contributed by atoms with Crippen LogP contribution < -0.4 is 0 Å². The fourth-order valence-electron chi connectivity index (χ4n) is 2.81. The fourth-order valence-corrected chi connectivity index (χ4v) is 2.81. The molecule has 1 rings (SSSR count). The van der Waals surface area contributed by atoms with E-state index in [1.807, 2.05) is 0 Å². The van der Waals surface area contributed by atoms with Crippen molar-refractivity contribution in [2.45, 2.75) is 52.4 Å². The summed E-state index contributed by atoms with van der Waals surface area (Å²) in [5.74, 6) is 1.76. The lowest BCUT2D eigenvalue weighted by atomic mass is 9.80. The van der Waals surface area contributed by atoms with Crippen LogP contribution in [-0.4, -0.2) is 36.2 Å². The molecule has 1 aliphatic rings. The van der Waals surface area contributed by atoms with Crippen molar-refractivity contribution in [3.8, 4) is 0 Å². The minimum absolute atomic E-state index is 0.310. The molecule has 0 aromatic rings. The van der Waals surface area contributed by atoms with E-state index in [1.54, 1.807) is 0 Å². The van der Waals surface area contributed by atoms with Crippen molar-refractivity contribution >= 4 is 0 Å². The summed E-state index contributed by atoms with van der Waals surface area (Å²) in [4.78, 5) is 2.47. The first kappa shape index (κ1) is 14.0. The normalized spacial score (nSPS) is 26.2. The van der Waals surface area contributed by atoms with Crippen molar-refractivity contribution in [3.63, 3.8) is 0 Å². The molecular weight excluding hydrogens is 198 g/mol. The van der Waals surface area contributed by atoms with Crippen molar-refractivity contribution in [3.05, 3.63) is 0 Å². The SMILES string of the molecule is CCCCN(CCO)CC1CCCCC1C. The lowest BCUT2D eigenvalue weighted by Crippen LogP contribution is -2.36. The van der Waals surface area contributed by atoms with Crippen LogP contribution in [0, 0.1) is 11.8 Å². The van der Waals surface area contributed by atoms with E-state index >= 15 is 0 Å². The molecule has 0 spiro atoms. The number of aliphatic hydroxyl groups excluding tert-OH is 1. The van der Waals surface area contributed by atoms with E-state index in [0.717, 1.165) is 18.4 Å². The minimum Gasteiger partial charge on any atom is -0.395 e. The monoisotopic (exact) mass is 227 g/mol. The molecule has 16 heavy (non-hydrogen) atoms. The summed E-state index contributed by atoms with van der Waals surface area (Å²) in [6.45, 7) is 8.19. The van der Waals surface area contributed by atoms with Crippen LogP contribution in [0.4, 0.5) is 0 Å². The molecule has 2 atom stereocenters. The third-order valence-electron chi connectivity index (χ3n) is 4.03. The minimum atomic E-state index is 0.310. The van der Waals surface area contributed by atoms with Crippen molar-refractivity contribution in [1.29, 1.82) is 0 Å². The van der Waals surface area contributed by atoms with Gasteiger partial charge in [-0.2, -0.15) is 0 Å². The zero-order valence-corrected chi connectivity index (χ0v) is 11.1. The van der Waals surface area contributed by atoms with Gasteiger partial charge in [-0.3, -0.25) is 0 Å². The highest BCUT2D eigenvalue weighted by Gasteiger charge is 2.23. The van der Waals surface area contributed by atoms with E-state index in [9.17, 15) is 0 Å². The summed E-state index contributed by atoms with van der Waals surface area (Å²) in [6.07, 6.45) is 8.16. The molecule has 1 saturated carbocycles. The summed E-state index contributed by atoms with van der Waals surface area (Å²) in [7, 11) is 0. The third-order valence-corrected chi connectivity index (χ3v) is 4.03. The standard InChI is InChI=1S/C14H29NO/c1-3-4-9-15(10-11-16)12-14-8-6-5-7-13(14)2/h13-14,16H,3-12H2,1-2H3. The van der Waals surface area contributed by atoms with Crippen LogP contribution in [0.1, 0.15) is 52.4 Å². The van der Waals surface area contributed by atoms with Gasteiger partial charge in [0.25, 0.3) is 0 Å². The van der Waals surface area contributed by atoms with Crippen LogP contribution in [-0.2, 0) is 0 Å². The summed E-state index contributed by atoms with van der Waals surface area (Å²) >= 11 is 0. The molecule has 2 unspecified atom stereocenters. The molecule has 96 valence electrons. The molecule has 2 nitrogen and oxygen atoms in total. The number of unbranched alkanes of at least 4 members (excludes halogenated alkanes) is 1. The first-order chi connectivity index (χ1) is 7.77. The summed E-state index contributed by atoms with van der Waals surface area (Å²) in [5.41, 5.74) is 0. The molecular formula is C14H29NO. The van der Waals surface area contributed by atoms with Gasteiger partial charge in [-0.1, -0.05) is 39.5 Å². The third kappa shape index (κ3) is 4.84. The fraction of sp³-hybridized carbons (Fsp3) is 1.00. The molecule has 0 bridgehead atoms. The number of hydrogen-bond acceptors (Lipinski definition) is 2. The molecule has 0 heterocycles. The molecule has 0 amide bonds. The Kier molecular flexibility index (Phi) is 7.06. The van der Waals surface area contributed by atoms with Gasteiger partial charge in [0, 0.05) is 13.1 Å². The number of aliphatic hydroxyl groups is 1. The first-order valence-electron chi connectivity index (χ1n) is 7.11. The smallest absolute Gasteiger partial charge is 0.0558 e. The molecule has 0 saturated heterocycles. The Labute approximate surface area is 101 Å². The van der Waals surface area contributed by atoms with Crippen molar-refractivity contribution in [2.75, 3.05) is 26.2 Å².